The molecule has 2 aromatic heterocycles. The number of pyridine rings is 1. The number of aromatic amines is 1. The maximum atomic E-state index is 13.6. The highest BCUT2D eigenvalue weighted by molar-refractivity contribution is 5.95. The maximum Gasteiger partial charge on any atom is 0.258 e. The fourth-order valence-corrected chi connectivity index (χ4v) is 4.29. The number of nitrogens with zero attached hydrogens (tertiary/aromatic N) is 4. The zero-order valence-corrected chi connectivity index (χ0v) is 18.3. The topological polar surface area (TPSA) is 113 Å². The van der Waals surface area contributed by atoms with E-state index in [4.69, 9.17) is 4.74 Å². The zero-order valence-electron chi connectivity index (χ0n) is 18.3. The first-order valence-electron chi connectivity index (χ1n) is 10.8. The fourth-order valence-electron chi connectivity index (χ4n) is 4.29. The molecule has 1 aliphatic rings. The van der Waals surface area contributed by atoms with E-state index in [1.807, 2.05) is 0 Å². The number of amides is 1. The smallest absolute Gasteiger partial charge is 0.258 e. The number of carbonyl (C=O) groups excluding carboxylic acids is 1. The third kappa shape index (κ3) is 4.09. The second-order valence-electron chi connectivity index (χ2n) is 8.30. The highest BCUT2D eigenvalue weighted by Gasteiger charge is 2.34. The van der Waals surface area contributed by atoms with Crippen molar-refractivity contribution < 1.29 is 19.0 Å². The van der Waals surface area contributed by atoms with Gasteiger partial charge in [-0.25, -0.2) is 9.07 Å². The van der Waals surface area contributed by atoms with Gasteiger partial charge in [0, 0.05) is 30.1 Å². The molecule has 2 N–H and O–H groups in total. The fraction of sp³-hybridized carbons (Fsp3) is 0.250. The molecule has 1 fully saturated rings. The van der Waals surface area contributed by atoms with Crippen molar-refractivity contribution >= 4 is 16.8 Å². The molecule has 174 valence electrons. The van der Waals surface area contributed by atoms with E-state index >= 15 is 0 Å². The lowest BCUT2D eigenvalue weighted by molar-refractivity contribution is 0.0622. The minimum Gasteiger partial charge on any atom is -0.391 e. The molecule has 0 aliphatic carbocycles. The molecule has 1 saturated heterocycles. The Morgan fingerprint density at radius 3 is 2.79 bits per heavy atom. The van der Waals surface area contributed by atoms with Crippen molar-refractivity contribution in [1.82, 2.24) is 24.9 Å². The van der Waals surface area contributed by atoms with Crippen LogP contribution >= 0.6 is 0 Å². The Morgan fingerprint density at radius 1 is 1.24 bits per heavy atom. The number of aliphatic hydroxyl groups is 1. The number of aliphatic hydroxyl groups excluding tert-OH is 1. The molecule has 2 atom stereocenters. The Labute approximate surface area is 193 Å². The van der Waals surface area contributed by atoms with Gasteiger partial charge in [-0.15, -0.1) is 5.10 Å². The van der Waals surface area contributed by atoms with Gasteiger partial charge >= 0.3 is 0 Å². The normalized spacial score (nSPS) is 18.0. The van der Waals surface area contributed by atoms with E-state index in [2.05, 4.69) is 15.3 Å². The average molecular weight is 463 g/mol. The van der Waals surface area contributed by atoms with Crippen molar-refractivity contribution in [2.75, 3.05) is 20.3 Å². The number of nitrogens with one attached hydrogen (secondary N) is 1. The summed E-state index contributed by atoms with van der Waals surface area (Å²) in [5.41, 5.74) is 1.90. The van der Waals surface area contributed by atoms with Crippen LogP contribution in [0.4, 0.5) is 4.39 Å². The van der Waals surface area contributed by atoms with Crippen molar-refractivity contribution in [2.24, 2.45) is 0 Å². The van der Waals surface area contributed by atoms with E-state index in [9.17, 15) is 19.1 Å². The van der Waals surface area contributed by atoms with Crippen molar-refractivity contribution in [2.45, 2.75) is 18.6 Å². The van der Waals surface area contributed by atoms with Gasteiger partial charge in [0.2, 0.25) is 0 Å². The van der Waals surface area contributed by atoms with Crippen LogP contribution in [0.3, 0.4) is 0 Å². The van der Waals surface area contributed by atoms with Gasteiger partial charge < -0.3 is 19.7 Å². The Bertz CT molecular complexity index is 1420. The number of hydrogen-bond donors (Lipinski definition) is 2. The SMILES string of the molecule is COC[C@@H]1C[C@@H](O)CN1C(=O)c1ccc(-n2cc(-c3cc4cc(F)ccc4[nH]c3=O)nn2)cc1. The number of ether oxygens (including phenoxy) is 1. The molecule has 0 bridgehead atoms. The Morgan fingerprint density at radius 2 is 2.03 bits per heavy atom. The van der Waals surface area contributed by atoms with Crippen LogP contribution in [0.15, 0.2) is 59.5 Å². The van der Waals surface area contributed by atoms with Gasteiger partial charge in [-0.3, -0.25) is 9.59 Å². The van der Waals surface area contributed by atoms with Gasteiger partial charge in [0.25, 0.3) is 11.5 Å². The van der Waals surface area contributed by atoms with Gasteiger partial charge in [-0.05, 0) is 55.0 Å². The number of rotatable bonds is 5. The lowest BCUT2D eigenvalue weighted by Gasteiger charge is -2.23. The van der Waals surface area contributed by atoms with Crippen molar-refractivity contribution in [3.63, 3.8) is 0 Å². The quantitative estimate of drug-likeness (QED) is 0.469. The van der Waals surface area contributed by atoms with E-state index in [0.717, 1.165) is 0 Å². The van der Waals surface area contributed by atoms with E-state index in [-0.39, 0.29) is 29.6 Å². The van der Waals surface area contributed by atoms with Crippen LogP contribution in [0.5, 0.6) is 0 Å². The van der Waals surface area contributed by atoms with Crippen LogP contribution in [0, 0.1) is 5.82 Å². The summed E-state index contributed by atoms with van der Waals surface area (Å²) in [5.74, 6) is -0.583. The van der Waals surface area contributed by atoms with Gasteiger partial charge in [-0.1, -0.05) is 5.21 Å². The Balaban J connectivity index is 1.39. The van der Waals surface area contributed by atoms with Gasteiger partial charge in [0.05, 0.1) is 36.2 Å². The first kappa shape index (κ1) is 21.9. The zero-order chi connectivity index (χ0) is 23.8. The van der Waals surface area contributed by atoms with Crippen molar-refractivity contribution in [3.8, 4) is 16.9 Å². The summed E-state index contributed by atoms with van der Waals surface area (Å²) in [6.45, 7) is 0.633. The van der Waals surface area contributed by atoms with E-state index in [0.29, 0.717) is 40.9 Å². The minimum absolute atomic E-state index is 0.168. The number of aromatic nitrogens is 4. The average Bonchev–Trinajstić information content (AvgIpc) is 3.46. The highest BCUT2D eigenvalue weighted by Crippen LogP contribution is 2.23. The van der Waals surface area contributed by atoms with Crippen molar-refractivity contribution in [3.05, 3.63) is 76.5 Å². The van der Waals surface area contributed by atoms with Crippen molar-refractivity contribution in [1.29, 1.82) is 0 Å². The summed E-state index contributed by atoms with van der Waals surface area (Å²) < 4.78 is 20.3. The molecule has 34 heavy (non-hydrogen) atoms. The Hall–Kier alpha value is -3.89. The van der Waals surface area contributed by atoms with E-state index in [1.165, 1.54) is 22.9 Å². The molecular weight excluding hydrogens is 441 g/mol. The number of halogens is 1. The second kappa shape index (κ2) is 8.81. The molecule has 9 nitrogen and oxygen atoms in total. The third-order valence-corrected chi connectivity index (χ3v) is 5.97. The molecule has 10 heteroatoms. The summed E-state index contributed by atoms with van der Waals surface area (Å²) in [6, 6.07) is 12.4. The molecule has 5 rings (SSSR count). The van der Waals surface area contributed by atoms with E-state index in [1.54, 1.807) is 48.5 Å². The molecule has 0 spiro atoms. The van der Waals surface area contributed by atoms with Crippen LogP contribution in [0.25, 0.3) is 27.8 Å². The maximum absolute atomic E-state index is 13.6. The molecule has 2 aromatic carbocycles. The monoisotopic (exact) mass is 463 g/mol. The molecule has 1 amide bonds. The van der Waals surface area contributed by atoms with E-state index < -0.39 is 11.9 Å². The third-order valence-electron chi connectivity index (χ3n) is 5.97. The van der Waals surface area contributed by atoms with Gasteiger partial charge in [0.1, 0.15) is 11.5 Å². The van der Waals surface area contributed by atoms with Crippen LogP contribution in [0.2, 0.25) is 0 Å². The Kier molecular flexibility index (Phi) is 5.68. The standard InChI is InChI=1S/C24H22FN5O4/c1-34-13-18-10-19(31)11-29(18)24(33)14-2-5-17(6-3-14)30-12-22(27-28-30)20-9-15-8-16(25)4-7-21(15)26-23(20)32/h2-9,12,18-19,31H,10-11,13H2,1H3,(H,26,32)/t18-,19+/m0/s1. The van der Waals surface area contributed by atoms with Crippen LogP contribution in [-0.2, 0) is 4.74 Å². The van der Waals surface area contributed by atoms with Crippen LogP contribution in [-0.4, -0.2) is 68.3 Å². The summed E-state index contributed by atoms with van der Waals surface area (Å²) >= 11 is 0. The summed E-state index contributed by atoms with van der Waals surface area (Å²) in [7, 11) is 1.57. The molecular formula is C24H22FN5O4. The predicted octanol–water partition coefficient (Wildman–Crippen LogP) is 2.14. The second-order valence-corrected chi connectivity index (χ2v) is 8.30. The molecule has 1 aliphatic heterocycles. The highest BCUT2D eigenvalue weighted by atomic mass is 19.1. The summed E-state index contributed by atoms with van der Waals surface area (Å²) in [6.07, 6.45) is 1.52. The largest absolute Gasteiger partial charge is 0.391 e. The number of benzene rings is 2. The number of fused-ring (bicyclic) bond motifs is 1. The number of methoxy groups -OCH3 is 1. The molecule has 0 saturated carbocycles. The summed E-state index contributed by atoms with van der Waals surface area (Å²) in [4.78, 5) is 29.8. The first-order chi connectivity index (χ1) is 16.4. The minimum atomic E-state index is -0.563. The van der Waals surface area contributed by atoms with Crippen LogP contribution in [0.1, 0.15) is 16.8 Å². The molecule has 3 heterocycles. The van der Waals surface area contributed by atoms with Gasteiger partial charge in [0.15, 0.2) is 0 Å². The van der Waals surface area contributed by atoms with Gasteiger partial charge in [-0.2, -0.15) is 0 Å². The number of likely N-dealkylation sites (tertiary alicyclic amines) is 1. The molecule has 0 radical (unpaired) electrons. The number of H-pyrrole nitrogens is 1. The molecule has 0 unspecified atom stereocenters. The number of hydrogen-bond acceptors (Lipinski definition) is 6. The lowest BCUT2D eigenvalue weighted by Crippen LogP contribution is -2.38. The van der Waals surface area contributed by atoms with Crippen LogP contribution < -0.4 is 5.56 Å². The predicted molar refractivity (Wildman–Crippen MR) is 122 cm³/mol. The number of β-amino-alcohol motifs (C(OH)–C–C–N with tert-alkyl or cyclic N) is 1. The lowest BCUT2D eigenvalue weighted by atomic mass is 10.1. The first-order valence-corrected chi connectivity index (χ1v) is 10.8. The number of carbonyl (C=O) groups is 1. The summed E-state index contributed by atoms with van der Waals surface area (Å²) in [5, 5.41) is 18.7. The molecule has 4 aromatic rings.